The maximum Gasteiger partial charge on any atom is 0.193 e. The molecule has 2 fully saturated rings. The Balaban J connectivity index is 0.00000261. The number of nitrogens with one attached hydrogen (secondary N) is 1. The van der Waals surface area contributed by atoms with Crippen molar-refractivity contribution in [2.75, 3.05) is 52.5 Å². The minimum absolute atomic E-state index is 0. The topological polar surface area (TPSA) is 40.1 Å². The van der Waals surface area contributed by atoms with E-state index in [4.69, 9.17) is 9.73 Å². The van der Waals surface area contributed by atoms with Gasteiger partial charge >= 0.3 is 0 Å². The predicted octanol–water partition coefficient (Wildman–Crippen LogP) is 2.78. The molecule has 0 spiro atoms. The average Bonchev–Trinajstić information content (AvgIpc) is 3.19. The largest absolute Gasteiger partial charge is 0.379 e. The Morgan fingerprint density at radius 3 is 2.48 bits per heavy atom. The lowest BCUT2D eigenvalue weighted by atomic mass is 10.1. The zero-order chi connectivity index (χ0) is 18.2. The van der Waals surface area contributed by atoms with E-state index in [-0.39, 0.29) is 24.0 Å². The molecular formula is C21H35IN4O. The van der Waals surface area contributed by atoms with Crippen LogP contribution in [0.5, 0.6) is 0 Å². The van der Waals surface area contributed by atoms with Crippen molar-refractivity contribution >= 4 is 29.9 Å². The molecule has 1 unspecified atom stereocenters. The fourth-order valence-electron chi connectivity index (χ4n) is 3.83. The fraction of sp³-hybridized carbons (Fsp3) is 0.667. The maximum atomic E-state index is 5.49. The van der Waals surface area contributed by atoms with Gasteiger partial charge < -0.3 is 15.0 Å². The van der Waals surface area contributed by atoms with Crippen LogP contribution in [0.3, 0.4) is 0 Å². The van der Waals surface area contributed by atoms with Crippen LogP contribution in [-0.2, 0) is 17.6 Å². The van der Waals surface area contributed by atoms with E-state index in [9.17, 15) is 0 Å². The van der Waals surface area contributed by atoms with E-state index < -0.39 is 0 Å². The molecule has 0 saturated carbocycles. The van der Waals surface area contributed by atoms with E-state index >= 15 is 0 Å². The van der Waals surface area contributed by atoms with Gasteiger partial charge in [0.25, 0.3) is 0 Å². The summed E-state index contributed by atoms with van der Waals surface area (Å²) in [7, 11) is 0. The molecule has 6 heteroatoms. The first-order valence-electron chi connectivity index (χ1n) is 10.2. The van der Waals surface area contributed by atoms with Crippen LogP contribution in [0.4, 0.5) is 0 Å². The lowest BCUT2D eigenvalue weighted by molar-refractivity contribution is 0.0195. The second kappa shape index (κ2) is 11.9. The fourth-order valence-corrected chi connectivity index (χ4v) is 3.83. The third-order valence-corrected chi connectivity index (χ3v) is 5.45. The summed E-state index contributed by atoms with van der Waals surface area (Å²) in [5, 5.41) is 3.49. The number of aliphatic imine (C=N–C) groups is 1. The number of ether oxygens (including phenoxy) is 1. The number of hydrogen-bond donors (Lipinski definition) is 1. The lowest BCUT2D eigenvalue weighted by Crippen LogP contribution is -2.46. The highest BCUT2D eigenvalue weighted by atomic mass is 127. The molecule has 0 aromatic heterocycles. The van der Waals surface area contributed by atoms with Gasteiger partial charge in [0, 0.05) is 45.3 Å². The van der Waals surface area contributed by atoms with Gasteiger partial charge in [0.05, 0.1) is 13.2 Å². The number of morpholine rings is 1. The molecule has 3 rings (SSSR count). The number of hydrogen-bond acceptors (Lipinski definition) is 3. The Labute approximate surface area is 181 Å². The van der Waals surface area contributed by atoms with Crippen molar-refractivity contribution in [2.45, 2.75) is 39.2 Å². The van der Waals surface area contributed by atoms with E-state index in [1.54, 1.807) is 0 Å². The van der Waals surface area contributed by atoms with Gasteiger partial charge in [0.15, 0.2) is 5.96 Å². The molecule has 1 N–H and O–H groups in total. The van der Waals surface area contributed by atoms with Crippen LogP contribution in [-0.4, -0.2) is 74.3 Å². The number of rotatable bonds is 6. The second-order valence-corrected chi connectivity index (χ2v) is 7.19. The zero-order valence-corrected chi connectivity index (χ0v) is 19.2. The van der Waals surface area contributed by atoms with E-state index in [0.717, 1.165) is 71.3 Å². The first-order valence-corrected chi connectivity index (χ1v) is 10.2. The van der Waals surface area contributed by atoms with Gasteiger partial charge in [0.1, 0.15) is 0 Å². The molecule has 0 aliphatic carbocycles. The SMILES string of the molecule is CCNC(=NCCc1ccc(CC)cc1)N1CCC(N2CCOCC2)C1.I. The summed E-state index contributed by atoms with van der Waals surface area (Å²) in [5.41, 5.74) is 2.77. The predicted molar refractivity (Wildman–Crippen MR) is 123 cm³/mol. The van der Waals surface area contributed by atoms with Gasteiger partial charge in [-0.15, -0.1) is 24.0 Å². The van der Waals surface area contributed by atoms with Crippen LogP contribution in [0.25, 0.3) is 0 Å². The third kappa shape index (κ3) is 6.61. The number of aryl methyl sites for hydroxylation is 1. The van der Waals surface area contributed by atoms with Crippen LogP contribution in [0.1, 0.15) is 31.4 Å². The minimum atomic E-state index is 0. The molecule has 0 radical (unpaired) electrons. The van der Waals surface area contributed by atoms with E-state index in [1.165, 1.54) is 17.5 Å². The first-order chi connectivity index (χ1) is 12.8. The van der Waals surface area contributed by atoms with Crippen molar-refractivity contribution in [2.24, 2.45) is 4.99 Å². The standard InChI is InChI=1S/C21H34N4O.HI/c1-3-18-5-7-19(8-6-18)9-11-23-21(22-4-2)25-12-10-20(17-25)24-13-15-26-16-14-24;/h5-8,20H,3-4,9-17H2,1-2H3,(H,22,23);1H. The van der Waals surface area contributed by atoms with Gasteiger partial charge in [0.2, 0.25) is 0 Å². The van der Waals surface area contributed by atoms with Crippen LogP contribution < -0.4 is 5.32 Å². The number of guanidine groups is 1. The normalized spacial score (nSPS) is 21.2. The Morgan fingerprint density at radius 1 is 1.11 bits per heavy atom. The number of nitrogens with zero attached hydrogens (tertiary/aromatic N) is 3. The summed E-state index contributed by atoms with van der Waals surface area (Å²) in [6.45, 7) is 12.2. The monoisotopic (exact) mass is 486 g/mol. The summed E-state index contributed by atoms with van der Waals surface area (Å²) in [6, 6.07) is 9.59. The van der Waals surface area contributed by atoms with Crippen molar-refractivity contribution in [1.82, 2.24) is 15.1 Å². The van der Waals surface area contributed by atoms with E-state index in [1.807, 2.05) is 0 Å². The van der Waals surface area contributed by atoms with Crippen LogP contribution >= 0.6 is 24.0 Å². The van der Waals surface area contributed by atoms with Crippen molar-refractivity contribution in [1.29, 1.82) is 0 Å². The van der Waals surface area contributed by atoms with Crippen molar-refractivity contribution < 1.29 is 4.74 Å². The highest BCUT2D eigenvalue weighted by Gasteiger charge is 2.30. The first kappa shape index (κ1) is 22.4. The van der Waals surface area contributed by atoms with Crippen LogP contribution in [0, 0.1) is 0 Å². The summed E-state index contributed by atoms with van der Waals surface area (Å²) in [6.07, 6.45) is 3.32. The molecule has 2 heterocycles. The Morgan fingerprint density at radius 2 is 1.81 bits per heavy atom. The van der Waals surface area contributed by atoms with Crippen molar-refractivity contribution in [3.8, 4) is 0 Å². The van der Waals surface area contributed by atoms with Gasteiger partial charge in [-0.3, -0.25) is 9.89 Å². The molecule has 1 aromatic rings. The van der Waals surface area contributed by atoms with Gasteiger partial charge in [-0.05, 0) is 37.3 Å². The lowest BCUT2D eigenvalue weighted by Gasteiger charge is -2.32. The zero-order valence-electron chi connectivity index (χ0n) is 16.8. The van der Waals surface area contributed by atoms with Gasteiger partial charge in [-0.1, -0.05) is 31.2 Å². The molecule has 0 amide bonds. The molecule has 5 nitrogen and oxygen atoms in total. The Bertz CT molecular complexity index is 572. The summed E-state index contributed by atoms with van der Waals surface area (Å²) < 4.78 is 5.49. The summed E-state index contributed by atoms with van der Waals surface area (Å²) >= 11 is 0. The molecule has 0 bridgehead atoms. The summed E-state index contributed by atoms with van der Waals surface area (Å²) in [4.78, 5) is 9.92. The molecule has 1 aromatic carbocycles. The van der Waals surface area contributed by atoms with E-state index in [0.29, 0.717) is 6.04 Å². The Hall–Kier alpha value is -0.860. The highest BCUT2D eigenvalue weighted by molar-refractivity contribution is 14.0. The molecule has 2 saturated heterocycles. The number of benzene rings is 1. The summed E-state index contributed by atoms with van der Waals surface area (Å²) in [5.74, 6) is 1.08. The second-order valence-electron chi connectivity index (χ2n) is 7.19. The number of likely N-dealkylation sites (tertiary alicyclic amines) is 1. The molecule has 2 aliphatic rings. The quantitative estimate of drug-likeness (QED) is 0.382. The number of halogens is 1. The van der Waals surface area contributed by atoms with Crippen molar-refractivity contribution in [3.63, 3.8) is 0 Å². The molecule has 27 heavy (non-hydrogen) atoms. The molecular weight excluding hydrogens is 451 g/mol. The molecule has 1 atom stereocenters. The molecule has 2 aliphatic heterocycles. The van der Waals surface area contributed by atoms with Crippen molar-refractivity contribution in [3.05, 3.63) is 35.4 Å². The maximum absolute atomic E-state index is 5.49. The average molecular weight is 486 g/mol. The van der Waals surface area contributed by atoms with Gasteiger partial charge in [-0.25, -0.2) is 0 Å². The van der Waals surface area contributed by atoms with Crippen LogP contribution in [0.2, 0.25) is 0 Å². The van der Waals surface area contributed by atoms with E-state index in [2.05, 4.69) is 53.2 Å². The van der Waals surface area contributed by atoms with Gasteiger partial charge in [-0.2, -0.15) is 0 Å². The van der Waals surface area contributed by atoms with Crippen LogP contribution in [0.15, 0.2) is 29.3 Å². The molecule has 152 valence electrons. The highest BCUT2D eigenvalue weighted by Crippen LogP contribution is 2.17. The third-order valence-electron chi connectivity index (χ3n) is 5.45. The Kier molecular flexibility index (Phi) is 9.86. The minimum Gasteiger partial charge on any atom is -0.379 e. The smallest absolute Gasteiger partial charge is 0.193 e.